The van der Waals surface area contributed by atoms with Gasteiger partial charge in [-0.2, -0.15) is 0 Å². The van der Waals surface area contributed by atoms with Crippen LogP contribution in [0.2, 0.25) is 0 Å². The number of aromatic nitrogens is 1. The van der Waals surface area contributed by atoms with E-state index in [4.69, 9.17) is 0 Å². The Morgan fingerprint density at radius 1 is 0.926 bits per heavy atom. The first-order valence-corrected chi connectivity index (χ1v) is 9.24. The van der Waals surface area contributed by atoms with Crippen molar-refractivity contribution < 1.29 is 19.2 Å². The van der Waals surface area contributed by atoms with Crippen molar-refractivity contribution in [3.63, 3.8) is 0 Å². The van der Waals surface area contributed by atoms with Gasteiger partial charge in [0.05, 0.1) is 15.9 Å². The molecule has 4 rings (SSSR count). The normalized spacial score (nSPS) is 15.8. The highest BCUT2D eigenvalue weighted by Crippen LogP contribution is 2.33. The number of hydrogen-bond donors (Lipinski definition) is 0. The minimum atomic E-state index is -1.47. The molecular formula is C20H14N2O4S. The molecule has 0 spiro atoms. The van der Waals surface area contributed by atoms with E-state index in [9.17, 15) is 19.2 Å². The van der Waals surface area contributed by atoms with Crippen molar-refractivity contribution in [1.82, 2.24) is 4.98 Å². The Morgan fingerprint density at radius 3 is 2.22 bits per heavy atom. The summed E-state index contributed by atoms with van der Waals surface area (Å²) in [6.45, 7) is 1.87. The van der Waals surface area contributed by atoms with E-state index < -0.39 is 29.3 Å². The van der Waals surface area contributed by atoms with Crippen LogP contribution in [0.1, 0.15) is 23.4 Å². The average Bonchev–Trinajstić information content (AvgIpc) is 3.11. The molecule has 1 saturated heterocycles. The lowest BCUT2D eigenvalue weighted by molar-refractivity contribution is -0.149. The molecule has 2 amide bonds. The maximum absolute atomic E-state index is 12.7. The summed E-state index contributed by atoms with van der Waals surface area (Å²) in [6, 6.07) is 13.9. The maximum atomic E-state index is 12.7. The molecule has 0 bridgehead atoms. The van der Waals surface area contributed by atoms with E-state index in [1.54, 1.807) is 36.4 Å². The molecule has 0 atom stereocenters. The van der Waals surface area contributed by atoms with Gasteiger partial charge in [0.15, 0.2) is 0 Å². The minimum Gasteiger partial charge on any atom is -0.287 e. The number of para-hydroxylation sites is 2. The third-order valence-electron chi connectivity index (χ3n) is 4.52. The van der Waals surface area contributed by atoms with Gasteiger partial charge in [0.1, 0.15) is 10.9 Å². The van der Waals surface area contributed by atoms with E-state index in [-0.39, 0.29) is 10.7 Å². The Morgan fingerprint density at radius 2 is 1.56 bits per heavy atom. The second-order valence-electron chi connectivity index (χ2n) is 6.11. The van der Waals surface area contributed by atoms with Crippen molar-refractivity contribution in [2.75, 3.05) is 4.90 Å². The highest BCUT2D eigenvalue weighted by molar-refractivity contribution is 7.19. The van der Waals surface area contributed by atoms with Crippen LogP contribution in [0.4, 0.5) is 5.69 Å². The largest absolute Gasteiger partial charge is 0.302 e. The topological polar surface area (TPSA) is 84.4 Å². The summed E-state index contributed by atoms with van der Waals surface area (Å²) in [7, 11) is 0. The Labute approximate surface area is 158 Å². The number of benzene rings is 2. The van der Waals surface area contributed by atoms with E-state index in [1.807, 2.05) is 19.1 Å². The second-order valence-corrected chi connectivity index (χ2v) is 7.17. The number of carbonyl (C=O) groups excluding carboxylic acids is 4. The van der Waals surface area contributed by atoms with Crippen LogP contribution in [-0.4, -0.2) is 28.4 Å². The lowest BCUT2D eigenvalue weighted by Gasteiger charge is -2.28. The lowest BCUT2D eigenvalue weighted by Crippen LogP contribution is -2.55. The van der Waals surface area contributed by atoms with Crippen molar-refractivity contribution >= 4 is 50.6 Å². The number of thiazole rings is 1. The van der Waals surface area contributed by atoms with Crippen LogP contribution >= 0.6 is 11.3 Å². The predicted molar refractivity (Wildman–Crippen MR) is 101 cm³/mol. The van der Waals surface area contributed by atoms with Crippen molar-refractivity contribution in [2.45, 2.75) is 19.3 Å². The highest BCUT2D eigenvalue weighted by atomic mass is 32.1. The summed E-state index contributed by atoms with van der Waals surface area (Å²) in [6.07, 6.45) is 0.552. The number of piperidine rings is 1. The average molecular weight is 378 g/mol. The predicted octanol–water partition coefficient (Wildman–Crippen LogP) is 2.65. The Kier molecular flexibility index (Phi) is 4.16. The highest BCUT2D eigenvalue weighted by Gasteiger charge is 2.50. The van der Waals surface area contributed by atoms with Crippen molar-refractivity contribution in [3.8, 4) is 0 Å². The van der Waals surface area contributed by atoms with Gasteiger partial charge in [-0.15, -0.1) is 11.3 Å². The molecule has 134 valence electrons. The first-order chi connectivity index (χ1) is 13.0. The summed E-state index contributed by atoms with van der Waals surface area (Å²) in [5.41, 5.74) is 1.61. The van der Waals surface area contributed by atoms with E-state index in [1.165, 1.54) is 0 Å². The van der Waals surface area contributed by atoms with Crippen molar-refractivity contribution in [3.05, 3.63) is 59.1 Å². The van der Waals surface area contributed by atoms with Gasteiger partial charge < -0.3 is 0 Å². The molecule has 1 aliphatic heterocycles. The van der Waals surface area contributed by atoms with Gasteiger partial charge in [0.2, 0.25) is 11.6 Å². The van der Waals surface area contributed by atoms with E-state index >= 15 is 0 Å². The molecule has 1 fully saturated rings. The summed E-state index contributed by atoms with van der Waals surface area (Å²) in [4.78, 5) is 55.9. The Bertz CT molecular complexity index is 1060. The van der Waals surface area contributed by atoms with Gasteiger partial charge in [-0.1, -0.05) is 37.3 Å². The standard InChI is InChI=1S/C20H14N2O4S/c1-2-11-7-3-5-9-13(11)22-19(25)16(23)15(17(24)20(22)26)18-21-12-8-4-6-10-14(12)27-18/h3-10,15H,2H2,1H3. The molecule has 0 aliphatic carbocycles. The van der Waals surface area contributed by atoms with Gasteiger partial charge in [-0.05, 0) is 30.2 Å². The number of aryl methyl sites for hydroxylation is 1. The van der Waals surface area contributed by atoms with Gasteiger partial charge >= 0.3 is 11.8 Å². The third kappa shape index (κ3) is 2.67. The molecule has 1 aliphatic rings. The zero-order chi connectivity index (χ0) is 19.1. The van der Waals surface area contributed by atoms with Crippen LogP contribution in [-0.2, 0) is 25.6 Å². The number of fused-ring (bicyclic) bond motifs is 1. The fourth-order valence-electron chi connectivity index (χ4n) is 3.16. The van der Waals surface area contributed by atoms with Crippen LogP contribution in [0.3, 0.4) is 0 Å². The molecular weight excluding hydrogens is 364 g/mol. The molecule has 3 aromatic rings. The van der Waals surface area contributed by atoms with Crippen molar-refractivity contribution in [2.24, 2.45) is 0 Å². The minimum absolute atomic E-state index is 0.177. The molecule has 27 heavy (non-hydrogen) atoms. The molecule has 0 N–H and O–H groups in total. The van der Waals surface area contributed by atoms with Crippen molar-refractivity contribution in [1.29, 1.82) is 0 Å². The number of imide groups is 1. The van der Waals surface area contributed by atoms with Crippen LogP contribution in [0, 0.1) is 0 Å². The smallest absolute Gasteiger partial charge is 0.287 e. The third-order valence-corrected chi connectivity index (χ3v) is 5.62. The number of carbonyl (C=O) groups is 4. The van der Waals surface area contributed by atoms with E-state index in [0.29, 0.717) is 22.4 Å². The number of Topliss-reactive ketones (excluding diaryl/α,β-unsaturated/α-hetero) is 2. The lowest BCUT2D eigenvalue weighted by atomic mass is 9.92. The summed E-state index contributed by atoms with van der Waals surface area (Å²) < 4.78 is 0.784. The Balaban J connectivity index is 1.78. The molecule has 0 radical (unpaired) electrons. The molecule has 2 heterocycles. The first kappa shape index (κ1) is 17.2. The maximum Gasteiger partial charge on any atom is 0.302 e. The van der Waals surface area contributed by atoms with Gasteiger partial charge in [-0.3, -0.25) is 19.2 Å². The van der Waals surface area contributed by atoms with E-state index in [0.717, 1.165) is 16.0 Å². The summed E-state index contributed by atoms with van der Waals surface area (Å²) in [5, 5.41) is 0.177. The van der Waals surface area contributed by atoms with Crippen LogP contribution < -0.4 is 4.90 Å². The van der Waals surface area contributed by atoms with Crippen LogP contribution in [0.5, 0.6) is 0 Å². The van der Waals surface area contributed by atoms with Gasteiger partial charge in [0.25, 0.3) is 0 Å². The number of nitrogens with zero attached hydrogens (tertiary/aromatic N) is 2. The molecule has 0 saturated carbocycles. The van der Waals surface area contributed by atoms with Gasteiger partial charge in [-0.25, -0.2) is 9.88 Å². The number of anilines is 1. The number of rotatable bonds is 3. The number of hydrogen-bond acceptors (Lipinski definition) is 6. The summed E-state index contributed by atoms with van der Waals surface area (Å²) >= 11 is 1.14. The molecule has 1 aromatic heterocycles. The molecule has 6 nitrogen and oxygen atoms in total. The van der Waals surface area contributed by atoms with E-state index in [2.05, 4.69) is 4.98 Å². The van der Waals surface area contributed by atoms with Crippen LogP contribution in [0.25, 0.3) is 10.2 Å². The molecule has 0 unspecified atom stereocenters. The quantitative estimate of drug-likeness (QED) is 0.397. The van der Waals surface area contributed by atoms with Crippen LogP contribution in [0.15, 0.2) is 48.5 Å². The monoisotopic (exact) mass is 378 g/mol. The zero-order valence-corrected chi connectivity index (χ0v) is 15.2. The second kappa shape index (κ2) is 6.51. The fraction of sp³-hybridized carbons (Fsp3) is 0.150. The SMILES string of the molecule is CCc1ccccc1N1C(=O)C(=O)C(c2nc3ccccc3s2)C(=O)C1=O. The zero-order valence-electron chi connectivity index (χ0n) is 14.3. The molecule has 2 aromatic carbocycles. The first-order valence-electron chi connectivity index (χ1n) is 8.42. The molecule has 7 heteroatoms. The number of amides is 2. The Hall–Kier alpha value is -3.19. The van der Waals surface area contributed by atoms with Gasteiger partial charge in [0, 0.05) is 0 Å². The fourth-order valence-corrected chi connectivity index (χ4v) is 4.23. The summed E-state index contributed by atoms with van der Waals surface area (Å²) in [5.74, 6) is -5.31. The number of ketones is 2.